The molecule has 0 bridgehead atoms. The number of benzene rings is 2. The van der Waals surface area contributed by atoms with Crippen LogP contribution in [0.1, 0.15) is 29.7 Å². The second-order valence-electron chi connectivity index (χ2n) is 9.02. The third-order valence-corrected chi connectivity index (χ3v) is 6.50. The monoisotopic (exact) mass is 458 g/mol. The molecule has 0 N–H and O–H groups in total. The van der Waals surface area contributed by atoms with Gasteiger partial charge in [0.1, 0.15) is 12.4 Å². The van der Waals surface area contributed by atoms with E-state index in [1.807, 2.05) is 48.5 Å². The summed E-state index contributed by atoms with van der Waals surface area (Å²) in [6, 6.07) is 19.5. The SMILES string of the molecule is N#Cc1cccc(COc2ccc(-c3cc(CN4CCN(CC5CCCO5)CC4)no3)cc2)c1. The van der Waals surface area contributed by atoms with Crippen molar-refractivity contribution in [1.29, 1.82) is 5.26 Å². The number of nitrogens with zero attached hydrogens (tertiary/aromatic N) is 4. The first kappa shape index (κ1) is 22.6. The average molecular weight is 459 g/mol. The second-order valence-corrected chi connectivity index (χ2v) is 9.02. The maximum Gasteiger partial charge on any atom is 0.167 e. The molecule has 0 spiro atoms. The highest BCUT2D eigenvalue weighted by atomic mass is 16.5. The van der Waals surface area contributed by atoms with Crippen molar-refractivity contribution in [1.82, 2.24) is 15.0 Å². The van der Waals surface area contributed by atoms with Gasteiger partial charge < -0.3 is 14.0 Å². The van der Waals surface area contributed by atoms with Crippen molar-refractivity contribution in [3.05, 3.63) is 71.4 Å². The summed E-state index contributed by atoms with van der Waals surface area (Å²) in [4.78, 5) is 4.95. The summed E-state index contributed by atoms with van der Waals surface area (Å²) in [5, 5.41) is 13.3. The maximum atomic E-state index is 9.02. The van der Waals surface area contributed by atoms with Gasteiger partial charge in [0.25, 0.3) is 0 Å². The average Bonchev–Trinajstić information content (AvgIpc) is 3.57. The molecule has 34 heavy (non-hydrogen) atoms. The van der Waals surface area contributed by atoms with E-state index in [0.717, 1.165) is 74.2 Å². The lowest BCUT2D eigenvalue weighted by molar-refractivity contribution is 0.0485. The van der Waals surface area contributed by atoms with Gasteiger partial charge in [-0.05, 0) is 54.8 Å². The van der Waals surface area contributed by atoms with Gasteiger partial charge in [0.2, 0.25) is 0 Å². The molecule has 0 saturated carbocycles. The van der Waals surface area contributed by atoms with Crippen LogP contribution in [-0.2, 0) is 17.9 Å². The van der Waals surface area contributed by atoms with Gasteiger partial charge in [-0.2, -0.15) is 5.26 Å². The Labute approximate surface area is 200 Å². The third-order valence-electron chi connectivity index (χ3n) is 6.50. The molecule has 2 aliphatic rings. The first-order valence-corrected chi connectivity index (χ1v) is 12.0. The summed E-state index contributed by atoms with van der Waals surface area (Å²) in [5.41, 5.74) is 3.54. The zero-order valence-corrected chi connectivity index (χ0v) is 19.4. The summed E-state index contributed by atoms with van der Waals surface area (Å²) in [7, 11) is 0. The van der Waals surface area contributed by atoms with Crippen molar-refractivity contribution in [2.24, 2.45) is 0 Å². The van der Waals surface area contributed by atoms with Crippen LogP contribution in [0.5, 0.6) is 5.75 Å². The molecule has 3 aromatic rings. The van der Waals surface area contributed by atoms with Crippen molar-refractivity contribution in [3.63, 3.8) is 0 Å². The fourth-order valence-corrected chi connectivity index (χ4v) is 4.57. The van der Waals surface area contributed by atoms with Crippen LogP contribution in [0.4, 0.5) is 0 Å². The molecule has 2 aromatic carbocycles. The van der Waals surface area contributed by atoms with Crippen LogP contribution in [0.15, 0.2) is 59.1 Å². The second kappa shape index (κ2) is 10.8. The standard InChI is InChI=1S/C27H30N4O3/c28-17-21-3-1-4-22(15-21)20-33-25-8-6-23(7-9-25)27-16-24(29-34-27)18-30-10-12-31(13-11-30)19-26-5-2-14-32-26/h1,3-4,6-9,15-16,26H,2,5,10-14,18-20H2. The number of rotatable bonds is 8. The largest absolute Gasteiger partial charge is 0.489 e. The van der Waals surface area contributed by atoms with Gasteiger partial charge in [-0.15, -0.1) is 0 Å². The Morgan fingerprint density at radius 3 is 2.62 bits per heavy atom. The minimum atomic E-state index is 0.419. The smallest absolute Gasteiger partial charge is 0.167 e. The fraction of sp³-hybridized carbons (Fsp3) is 0.407. The lowest BCUT2D eigenvalue weighted by Crippen LogP contribution is -2.48. The van der Waals surface area contributed by atoms with Crippen molar-refractivity contribution < 1.29 is 14.0 Å². The van der Waals surface area contributed by atoms with Crippen LogP contribution in [0.2, 0.25) is 0 Å². The minimum absolute atomic E-state index is 0.419. The Morgan fingerprint density at radius 1 is 1.03 bits per heavy atom. The lowest BCUT2D eigenvalue weighted by Gasteiger charge is -2.35. The molecule has 2 fully saturated rings. The van der Waals surface area contributed by atoms with E-state index >= 15 is 0 Å². The number of hydrogen-bond donors (Lipinski definition) is 0. The van der Waals surface area contributed by atoms with E-state index in [-0.39, 0.29) is 0 Å². The van der Waals surface area contributed by atoms with E-state index in [9.17, 15) is 0 Å². The van der Waals surface area contributed by atoms with Crippen LogP contribution >= 0.6 is 0 Å². The molecule has 2 aliphatic heterocycles. The minimum Gasteiger partial charge on any atom is -0.489 e. The summed E-state index contributed by atoms with van der Waals surface area (Å²) < 4.78 is 17.3. The van der Waals surface area contributed by atoms with E-state index in [1.54, 1.807) is 6.07 Å². The predicted molar refractivity (Wildman–Crippen MR) is 128 cm³/mol. The van der Waals surface area contributed by atoms with Gasteiger partial charge in [0.05, 0.1) is 23.4 Å². The van der Waals surface area contributed by atoms with E-state index < -0.39 is 0 Å². The Kier molecular flexibility index (Phi) is 7.20. The van der Waals surface area contributed by atoms with Gasteiger partial charge in [0.15, 0.2) is 5.76 Å². The number of ether oxygens (including phenoxy) is 2. The molecule has 0 radical (unpaired) electrons. The molecule has 7 heteroatoms. The number of hydrogen-bond acceptors (Lipinski definition) is 7. The Hall–Kier alpha value is -3.18. The Morgan fingerprint density at radius 2 is 1.85 bits per heavy atom. The number of piperazine rings is 1. The van der Waals surface area contributed by atoms with Crippen molar-refractivity contribution in [3.8, 4) is 23.1 Å². The summed E-state index contributed by atoms with van der Waals surface area (Å²) in [6.07, 6.45) is 2.83. The molecule has 1 unspecified atom stereocenters. The van der Waals surface area contributed by atoms with E-state index in [4.69, 9.17) is 19.3 Å². The van der Waals surface area contributed by atoms with Crippen LogP contribution in [0.25, 0.3) is 11.3 Å². The molecule has 3 heterocycles. The number of nitriles is 1. The summed E-state index contributed by atoms with van der Waals surface area (Å²) in [6.45, 7) is 7.44. The van der Waals surface area contributed by atoms with Gasteiger partial charge in [-0.25, -0.2) is 0 Å². The highest BCUT2D eigenvalue weighted by Crippen LogP contribution is 2.24. The molecular weight excluding hydrogens is 428 g/mol. The third kappa shape index (κ3) is 5.84. The van der Waals surface area contributed by atoms with Crippen molar-refractivity contribution in [2.75, 3.05) is 39.3 Å². The van der Waals surface area contributed by atoms with Crippen LogP contribution in [0, 0.1) is 11.3 Å². The zero-order valence-electron chi connectivity index (χ0n) is 19.4. The highest BCUT2D eigenvalue weighted by molar-refractivity contribution is 5.58. The first-order chi connectivity index (χ1) is 16.7. The fourth-order valence-electron chi connectivity index (χ4n) is 4.57. The normalized spacial score (nSPS) is 19.2. The molecule has 5 rings (SSSR count). The van der Waals surface area contributed by atoms with Gasteiger partial charge in [0, 0.05) is 57.5 Å². The highest BCUT2D eigenvalue weighted by Gasteiger charge is 2.23. The quantitative estimate of drug-likeness (QED) is 0.503. The zero-order chi connectivity index (χ0) is 23.2. The van der Waals surface area contributed by atoms with E-state index in [2.05, 4.69) is 21.0 Å². The molecule has 0 amide bonds. The van der Waals surface area contributed by atoms with Gasteiger partial charge in [-0.1, -0.05) is 17.3 Å². The Balaban J connectivity index is 1.10. The first-order valence-electron chi connectivity index (χ1n) is 12.0. The summed E-state index contributed by atoms with van der Waals surface area (Å²) >= 11 is 0. The molecule has 1 aromatic heterocycles. The number of aromatic nitrogens is 1. The molecule has 176 valence electrons. The van der Waals surface area contributed by atoms with E-state index in [0.29, 0.717) is 18.3 Å². The van der Waals surface area contributed by atoms with Crippen LogP contribution in [-0.4, -0.2) is 60.4 Å². The predicted octanol–water partition coefficient (Wildman–Crippen LogP) is 4.09. The maximum absolute atomic E-state index is 9.02. The topological polar surface area (TPSA) is 74.8 Å². The van der Waals surface area contributed by atoms with Gasteiger partial charge in [-0.3, -0.25) is 9.80 Å². The molecule has 0 aliphatic carbocycles. The van der Waals surface area contributed by atoms with Crippen LogP contribution < -0.4 is 4.74 Å². The Bertz CT molecular complexity index is 1110. The molecule has 2 saturated heterocycles. The molecular formula is C27H30N4O3. The van der Waals surface area contributed by atoms with Crippen LogP contribution in [0.3, 0.4) is 0 Å². The van der Waals surface area contributed by atoms with Crippen molar-refractivity contribution in [2.45, 2.75) is 32.1 Å². The lowest BCUT2D eigenvalue weighted by atomic mass is 10.1. The van der Waals surface area contributed by atoms with Gasteiger partial charge >= 0.3 is 0 Å². The van der Waals surface area contributed by atoms with E-state index in [1.165, 1.54) is 12.8 Å². The molecule has 7 nitrogen and oxygen atoms in total. The summed E-state index contributed by atoms with van der Waals surface area (Å²) in [5.74, 6) is 1.53. The molecule has 1 atom stereocenters. The van der Waals surface area contributed by atoms with Crippen molar-refractivity contribution >= 4 is 0 Å².